The number of nitrogens with one attached hydrogen (secondary N) is 1. The van der Waals surface area contributed by atoms with Crippen molar-refractivity contribution in [2.45, 2.75) is 18.4 Å². The van der Waals surface area contributed by atoms with Gasteiger partial charge in [0.2, 0.25) is 5.91 Å². The predicted octanol–water partition coefficient (Wildman–Crippen LogP) is -0.189. The fourth-order valence-electron chi connectivity index (χ4n) is 0.779. The Morgan fingerprint density at radius 3 is 2.73 bits per heavy atom. The van der Waals surface area contributed by atoms with E-state index in [2.05, 4.69) is 0 Å². The smallest absolute Gasteiger partial charge is 0.287 e. The molecule has 0 heterocycles. The molecule has 0 fully saturated rings. The summed E-state index contributed by atoms with van der Waals surface area (Å²) in [6.07, 6.45) is 2.31. The third-order valence-electron chi connectivity index (χ3n) is 1.72. The van der Waals surface area contributed by atoms with E-state index in [1.807, 2.05) is 11.6 Å². The maximum Gasteiger partial charge on any atom is 0.287 e. The lowest BCUT2D eigenvalue weighted by Crippen LogP contribution is -2.46. The topological polar surface area (TPSA) is 75.4 Å². The highest BCUT2D eigenvalue weighted by Gasteiger charge is 2.28. The molecule has 1 amide bonds. The number of aliphatic hydroxyl groups excluding tert-OH is 1. The van der Waals surface area contributed by atoms with Crippen molar-refractivity contribution in [3.05, 3.63) is 0 Å². The third-order valence-corrected chi connectivity index (χ3v) is 2.37. The Kier molecular flexibility index (Phi) is 6.78. The van der Waals surface area contributed by atoms with E-state index in [0.29, 0.717) is 12.2 Å². The summed E-state index contributed by atoms with van der Waals surface area (Å²) in [4.78, 5) is 11.2. The minimum absolute atomic E-state index is 0.442. The molecule has 90 valence electrons. The molecule has 4 N–H and O–H groups in total. The number of hydrogen-bond acceptors (Lipinski definition) is 4. The van der Waals surface area contributed by atoms with Gasteiger partial charge in [-0.2, -0.15) is 11.8 Å². The second-order valence-corrected chi connectivity index (χ2v) is 4.11. The van der Waals surface area contributed by atoms with E-state index in [-0.39, 0.29) is 0 Å². The molecule has 0 aromatic heterocycles. The van der Waals surface area contributed by atoms with Crippen LogP contribution in [0.2, 0.25) is 0 Å². The molecule has 0 radical (unpaired) electrons. The van der Waals surface area contributed by atoms with Gasteiger partial charge in [0.05, 0.1) is 12.6 Å². The average molecular weight is 242 g/mol. The second kappa shape index (κ2) is 6.97. The van der Waals surface area contributed by atoms with Gasteiger partial charge < -0.3 is 16.2 Å². The lowest BCUT2D eigenvalue weighted by molar-refractivity contribution is -0.125. The monoisotopic (exact) mass is 242 g/mol. The molecule has 0 aliphatic carbocycles. The van der Waals surface area contributed by atoms with E-state index in [1.165, 1.54) is 11.8 Å². The maximum absolute atomic E-state index is 12.5. The first-order valence-corrected chi connectivity index (χ1v) is 5.83. The highest BCUT2D eigenvalue weighted by atomic mass is 32.2. The Morgan fingerprint density at radius 1 is 1.67 bits per heavy atom. The molecule has 7 heteroatoms. The number of amides is 1. The van der Waals surface area contributed by atoms with Gasteiger partial charge >= 0.3 is 0 Å². The van der Waals surface area contributed by atoms with E-state index in [0.717, 1.165) is 0 Å². The first kappa shape index (κ1) is 14.6. The second-order valence-electron chi connectivity index (χ2n) is 3.12. The van der Waals surface area contributed by atoms with Crippen LogP contribution in [0.5, 0.6) is 0 Å². The first-order chi connectivity index (χ1) is 6.93. The molecule has 0 rings (SSSR count). The summed E-state index contributed by atoms with van der Waals surface area (Å²) in [7, 11) is 0. The van der Waals surface area contributed by atoms with E-state index in [1.54, 1.807) is 0 Å². The van der Waals surface area contributed by atoms with Crippen molar-refractivity contribution in [3.8, 4) is 0 Å². The quantitative estimate of drug-likeness (QED) is 0.578. The van der Waals surface area contributed by atoms with Crippen LogP contribution in [0.4, 0.5) is 8.78 Å². The number of thioether (sulfide) groups is 1. The molecule has 0 aliphatic rings. The predicted molar refractivity (Wildman–Crippen MR) is 56.0 cm³/mol. The molecule has 0 unspecified atom stereocenters. The number of rotatable bonds is 7. The first-order valence-electron chi connectivity index (χ1n) is 4.44. The van der Waals surface area contributed by atoms with Gasteiger partial charge in [0.1, 0.15) is 6.61 Å². The Hall–Kier alpha value is -0.400. The Morgan fingerprint density at radius 2 is 2.27 bits per heavy atom. The normalized spacial score (nSPS) is 13.7. The Labute approximate surface area is 91.6 Å². The zero-order valence-electron chi connectivity index (χ0n) is 8.50. The van der Waals surface area contributed by atoms with Gasteiger partial charge in [0.25, 0.3) is 5.92 Å². The standard InChI is InChI=1S/C8H16F2N2O2S/c1-15-3-2-6(11)7(14)12-4-8(9,10)5-13/h6,13H,2-5,11H2,1H3,(H,12,14)/t6-/m0/s1. The average Bonchev–Trinajstić information content (AvgIpc) is 2.22. The van der Waals surface area contributed by atoms with Crippen LogP contribution in [-0.4, -0.2) is 48.1 Å². The summed E-state index contributed by atoms with van der Waals surface area (Å²) in [5, 5.41) is 10.3. The zero-order valence-corrected chi connectivity index (χ0v) is 9.32. The van der Waals surface area contributed by atoms with Gasteiger partial charge in [-0.05, 0) is 18.4 Å². The van der Waals surface area contributed by atoms with E-state index in [9.17, 15) is 13.6 Å². The van der Waals surface area contributed by atoms with E-state index in [4.69, 9.17) is 10.8 Å². The molecule has 0 aromatic rings. The number of carbonyl (C=O) groups excluding carboxylic acids is 1. The van der Waals surface area contributed by atoms with Crippen LogP contribution in [0.1, 0.15) is 6.42 Å². The Bertz CT molecular complexity index is 205. The van der Waals surface area contributed by atoms with Crippen LogP contribution in [0.3, 0.4) is 0 Å². The van der Waals surface area contributed by atoms with Crippen LogP contribution in [0.25, 0.3) is 0 Å². The van der Waals surface area contributed by atoms with Crippen molar-refractivity contribution in [3.63, 3.8) is 0 Å². The fourth-order valence-corrected chi connectivity index (χ4v) is 1.27. The van der Waals surface area contributed by atoms with Gasteiger partial charge in [0, 0.05) is 0 Å². The number of aliphatic hydroxyl groups is 1. The number of hydrogen-bond donors (Lipinski definition) is 3. The van der Waals surface area contributed by atoms with Crippen molar-refractivity contribution in [1.29, 1.82) is 0 Å². The fraction of sp³-hybridized carbons (Fsp3) is 0.875. The van der Waals surface area contributed by atoms with E-state index >= 15 is 0 Å². The van der Waals surface area contributed by atoms with Gasteiger partial charge in [-0.25, -0.2) is 8.78 Å². The molecule has 0 aliphatic heterocycles. The van der Waals surface area contributed by atoms with Crippen LogP contribution < -0.4 is 11.1 Å². The number of alkyl halides is 2. The van der Waals surface area contributed by atoms with Crippen molar-refractivity contribution in [2.75, 3.05) is 25.2 Å². The molecule has 0 aromatic carbocycles. The van der Waals surface area contributed by atoms with Gasteiger partial charge in [-0.1, -0.05) is 0 Å². The number of halogens is 2. The van der Waals surface area contributed by atoms with Gasteiger partial charge in [-0.15, -0.1) is 0 Å². The van der Waals surface area contributed by atoms with Crippen LogP contribution >= 0.6 is 11.8 Å². The van der Waals surface area contributed by atoms with Crippen molar-refractivity contribution < 1.29 is 18.7 Å². The van der Waals surface area contributed by atoms with E-state index < -0.39 is 31.0 Å². The minimum Gasteiger partial charge on any atom is -0.390 e. The molecule has 1 atom stereocenters. The molecule has 0 saturated heterocycles. The lowest BCUT2D eigenvalue weighted by atomic mass is 10.2. The SMILES string of the molecule is CSCC[C@H](N)C(=O)NCC(F)(F)CO. The molecule has 0 bridgehead atoms. The summed E-state index contributed by atoms with van der Waals surface area (Å²) in [6.45, 7) is -2.16. The van der Waals surface area contributed by atoms with Gasteiger partial charge in [-0.3, -0.25) is 4.79 Å². The summed E-state index contributed by atoms with van der Waals surface area (Å²) in [5.74, 6) is -3.20. The van der Waals surface area contributed by atoms with Crippen molar-refractivity contribution >= 4 is 17.7 Å². The van der Waals surface area contributed by atoms with Crippen molar-refractivity contribution in [2.24, 2.45) is 5.73 Å². The van der Waals surface area contributed by atoms with Crippen LogP contribution in [-0.2, 0) is 4.79 Å². The molecular weight excluding hydrogens is 226 g/mol. The maximum atomic E-state index is 12.5. The third kappa shape index (κ3) is 6.64. The number of nitrogens with two attached hydrogens (primary N) is 1. The Balaban J connectivity index is 3.82. The number of carbonyl (C=O) groups is 1. The van der Waals surface area contributed by atoms with Crippen LogP contribution in [0, 0.1) is 0 Å². The van der Waals surface area contributed by atoms with Crippen LogP contribution in [0.15, 0.2) is 0 Å². The van der Waals surface area contributed by atoms with Gasteiger partial charge in [0.15, 0.2) is 0 Å². The molecule has 0 saturated carbocycles. The molecule has 4 nitrogen and oxygen atoms in total. The summed E-state index contributed by atoms with van der Waals surface area (Å²) >= 11 is 1.53. The highest BCUT2D eigenvalue weighted by Crippen LogP contribution is 2.09. The minimum atomic E-state index is -3.28. The summed E-state index contributed by atoms with van der Waals surface area (Å²) < 4.78 is 25.0. The summed E-state index contributed by atoms with van der Waals surface area (Å²) in [5.41, 5.74) is 5.44. The molecule has 0 spiro atoms. The zero-order chi connectivity index (χ0) is 11.9. The lowest BCUT2D eigenvalue weighted by Gasteiger charge is -2.16. The molecule has 15 heavy (non-hydrogen) atoms. The molecular formula is C8H16F2N2O2S. The highest BCUT2D eigenvalue weighted by molar-refractivity contribution is 7.98. The summed E-state index contributed by atoms with van der Waals surface area (Å²) in [6, 6.07) is -0.771. The largest absolute Gasteiger partial charge is 0.390 e. The van der Waals surface area contributed by atoms with Crippen molar-refractivity contribution in [1.82, 2.24) is 5.32 Å².